The number of hydrogen-bond donors (Lipinski definition) is 2. The summed E-state index contributed by atoms with van der Waals surface area (Å²) < 4.78 is 5.43. The van der Waals surface area contributed by atoms with Crippen molar-refractivity contribution >= 4 is 23.3 Å². The van der Waals surface area contributed by atoms with Gasteiger partial charge in [-0.25, -0.2) is 14.8 Å². The van der Waals surface area contributed by atoms with E-state index in [2.05, 4.69) is 15.3 Å². The SMILES string of the molecule is O=C(NC(=O)c1ccccc1[N+](=O)[O-])Nc1ccc(Oc2ncccn2)cc1. The molecular weight excluding hydrogens is 366 g/mol. The molecule has 140 valence electrons. The first-order valence-electron chi connectivity index (χ1n) is 7.93. The number of carbonyl (C=O) groups excluding carboxylic acids is 2. The third-order valence-corrected chi connectivity index (χ3v) is 3.44. The lowest BCUT2D eigenvalue weighted by molar-refractivity contribution is -0.385. The molecule has 0 aliphatic rings. The van der Waals surface area contributed by atoms with Gasteiger partial charge in [0.15, 0.2) is 0 Å². The molecule has 2 N–H and O–H groups in total. The molecular formula is C18H13N5O5. The number of anilines is 1. The van der Waals surface area contributed by atoms with Crippen LogP contribution < -0.4 is 15.4 Å². The Morgan fingerprint density at radius 2 is 1.64 bits per heavy atom. The van der Waals surface area contributed by atoms with Crippen molar-refractivity contribution in [2.75, 3.05) is 5.32 Å². The minimum absolute atomic E-state index is 0.177. The second-order valence-corrected chi connectivity index (χ2v) is 5.34. The van der Waals surface area contributed by atoms with Crippen LogP contribution in [0.3, 0.4) is 0 Å². The number of rotatable bonds is 5. The van der Waals surface area contributed by atoms with E-state index in [9.17, 15) is 19.7 Å². The number of nitro groups is 1. The van der Waals surface area contributed by atoms with E-state index >= 15 is 0 Å². The Kier molecular flexibility index (Phi) is 5.51. The number of nitro benzene ring substituents is 1. The number of nitrogens with one attached hydrogen (secondary N) is 2. The number of benzene rings is 2. The summed E-state index contributed by atoms with van der Waals surface area (Å²) in [5.41, 5.74) is -0.221. The molecule has 28 heavy (non-hydrogen) atoms. The molecule has 0 saturated heterocycles. The van der Waals surface area contributed by atoms with Crippen molar-refractivity contribution in [2.45, 2.75) is 0 Å². The van der Waals surface area contributed by atoms with Crippen molar-refractivity contribution in [1.29, 1.82) is 0 Å². The zero-order valence-electron chi connectivity index (χ0n) is 14.2. The number of urea groups is 1. The number of amides is 3. The highest BCUT2D eigenvalue weighted by Crippen LogP contribution is 2.20. The van der Waals surface area contributed by atoms with E-state index in [-0.39, 0.29) is 11.6 Å². The normalized spacial score (nSPS) is 10.0. The van der Waals surface area contributed by atoms with Crippen molar-refractivity contribution < 1.29 is 19.2 Å². The molecule has 0 radical (unpaired) electrons. The molecule has 0 saturated carbocycles. The largest absolute Gasteiger partial charge is 0.424 e. The highest BCUT2D eigenvalue weighted by molar-refractivity contribution is 6.09. The monoisotopic (exact) mass is 379 g/mol. The fourth-order valence-electron chi connectivity index (χ4n) is 2.21. The summed E-state index contributed by atoms with van der Waals surface area (Å²) in [5, 5.41) is 15.5. The molecule has 3 rings (SSSR count). The molecule has 0 aliphatic heterocycles. The van der Waals surface area contributed by atoms with Gasteiger partial charge in [-0.05, 0) is 36.4 Å². The summed E-state index contributed by atoms with van der Waals surface area (Å²) in [7, 11) is 0. The highest BCUT2D eigenvalue weighted by atomic mass is 16.6. The Balaban J connectivity index is 1.60. The van der Waals surface area contributed by atoms with Gasteiger partial charge < -0.3 is 10.1 Å². The van der Waals surface area contributed by atoms with Crippen molar-refractivity contribution in [3.05, 3.63) is 82.7 Å². The molecule has 0 atom stereocenters. The van der Waals surface area contributed by atoms with E-state index < -0.39 is 22.5 Å². The molecule has 0 aliphatic carbocycles. The van der Waals surface area contributed by atoms with Gasteiger partial charge >= 0.3 is 12.0 Å². The molecule has 2 aromatic carbocycles. The summed E-state index contributed by atoms with van der Waals surface area (Å²) in [6.07, 6.45) is 3.08. The summed E-state index contributed by atoms with van der Waals surface area (Å²) >= 11 is 0. The van der Waals surface area contributed by atoms with Gasteiger partial charge in [0, 0.05) is 24.1 Å². The predicted octanol–water partition coefficient (Wildman–Crippen LogP) is 3.14. The zero-order valence-corrected chi connectivity index (χ0v) is 14.2. The molecule has 0 spiro atoms. The van der Waals surface area contributed by atoms with Gasteiger partial charge in [0.2, 0.25) is 0 Å². The summed E-state index contributed by atoms with van der Waals surface area (Å²) in [5.74, 6) is -0.431. The highest BCUT2D eigenvalue weighted by Gasteiger charge is 2.20. The van der Waals surface area contributed by atoms with Gasteiger partial charge in [0.1, 0.15) is 11.3 Å². The Hall–Kier alpha value is -4.34. The van der Waals surface area contributed by atoms with Crippen molar-refractivity contribution in [3.8, 4) is 11.8 Å². The third-order valence-electron chi connectivity index (χ3n) is 3.44. The van der Waals surface area contributed by atoms with Crippen molar-refractivity contribution in [3.63, 3.8) is 0 Å². The molecule has 0 bridgehead atoms. The van der Waals surface area contributed by atoms with E-state index in [1.807, 2.05) is 5.32 Å². The zero-order chi connectivity index (χ0) is 19.9. The number of carbonyl (C=O) groups is 2. The fourth-order valence-corrected chi connectivity index (χ4v) is 2.21. The quantitative estimate of drug-likeness (QED) is 0.513. The van der Waals surface area contributed by atoms with Crippen LogP contribution >= 0.6 is 0 Å². The molecule has 3 amide bonds. The number of nitrogens with zero attached hydrogens (tertiary/aromatic N) is 3. The van der Waals surface area contributed by atoms with Gasteiger partial charge in [-0.1, -0.05) is 12.1 Å². The number of imide groups is 1. The lowest BCUT2D eigenvalue weighted by atomic mass is 10.1. The molecule has 3 aromatic rings. The van der Waals surface area contributed by atoms with Gasteiger partial charge in [-0.15, -0.1) is 0 Å². The molecule has 10 nitrogen and oxygen atoms in total. The number of para-hydroxylation sites is 1. The maximum absolute atomic E-state index is 12.1. The topological polar surface area (TPSA) is 136 Å². The Morgan fingerprint density at radius 1 is 0.964 bits per heavy atom. The maximum Gasteiger partial charge on any atom is 0.326 e. The van der Waals surface area contributed by atoms with Gasteiger partial charge in [-0.3, -0.25) is 20.2 Å². The first-order chi connectivity index (χ1) is 13.5. The minimum Gasteiger partial charge on any atom is -0.424 e. The van der Waals surface area contributed by atoms with Crippen molar-refractivity contribution in [2.24, 2.45) is 0 Å². The van der Waals surface area contributed by atoms with Crippen LogP contribution in [0.25, 0.3) is 0 Å². The first-order valence-corrected chi connectivity index (χ1v) is 7.93. The second kappa shape index (κ2) is 8.36. The number of hydrogen-bond acceptors (Lipinski definition) is 7. The summed E-state index contributed by atoms with van der Waals surface area (Å²) in [4.78, 5) is 42.2. The predicted molar refractivity (Wildman–Crippen MR) is 98.1 cm³/mol. The van der Waals surface area contributed by atoms with Crippen LogP contribution in [0.15, 0.2) is 67.0 Å². The summed E-state index contributed by atoms with van der Waals surface area (Å²) in [6.45, 7) is 0. The maximum atomic E-state index is 12.1. The van der Waals surface area contributed by atoms with Crippen molar-refractivity contribution in [1.82, 2.24) is 15.3 Å². The van der Waals surface area contributed by atoms with Gasteiger partial charge in [-0.2, -0.15) is 0 Å². The Labute approximate surface area is 158 Å². The van der Waals surface area contributed by atoms with E-state index in [0.29, 0.717) is 11.4 Å². The van der Waals surface area contributed by atoms with E-state index in [0.717, 1.165) is 0 Å². The lowest BCUT2D eigenvalue weighted by Crippen LogP contribution is -2.34. The van der Waals surface area contributed by atoms with Gasteiger partial charge in [0.05, 0.1) is 4.92 Å². The smallest absolute Gasteiger partial charge is 0.326 e. The van der Waals surface area contributed by atoms with Crippen LogP contribution in [-0.2, 0) is 0 Å². The van der Waals surface area contributed by atoms with Crippen LogP contribution in [0.1, 0.15) is 10.4 Å². The number of aromatic nitrogens is 2. The van der Waals surface area contributed by atoms with Crippen LogP contribution in [0, 0.1) is 10.1 Å². The molecule has 10 heteroatoms. The minimum atomic E-state index is -0.883. The van der Waals surface area contributed by atoms with E-state index in [1.54, 1.807) is 30.3 Å². The Morgan fingerprint density at radius 3 is 2.32 bits per heavy atom. The number of ether oxygens (including phenoxy) is 1. The average molecular weight is 379 g/mol. The van der Waals surface area contributed by atoms with Crippen LogP contribution in [0.4, 0.5) is 16.2 Å². The molecule has 1 heterocycles. The van der Waals surface area contributed by atoms with Crippen LogP contribution in [-0.4, -0.2) is 26.8 Å². The third kappa shape index (κ3) is 4.64. The van der Waals surface area contributed by atoms with Gasteiger partial charge in [0.25, 0.3) is 11.6 Å². The lowest BCUT2D eigenvalue weighted by Gasteiger charge is -2.08. The van der Waals surface area contributed by atoms with E-state index in [4.69, 9.17) is 4.74 Å². The van der Waals surface area contributed by atoms with Crippen LogP contribution in [0.5, 0.6) is 11.8 Å². The average Bonchev–Trinajstić information content (AvgIpc) is 2.70. The van der Waals surface area contributed by atoms with Crippen LogP contribution in [0.2, 0.25) is 0 Å². The molecule has 0 fully saturated rings. The molecule has 0 unspecified atom stereocenters. The summed E-state index contributed by atoms with van der Waals surface area (Å²) in [6, 6.07) is 12.6. The fraction of sp³-hybridized carbons (Fsp3) is 0. The molecule has 1 aromatic heterocycles. The first kappa shape index (κ1) is 18.5. The standard InChI is InChI=1S/C18H13N5O5/c24-16(14-4-1-2-5-15(14)23(26)27)22-17(25)21-12-6-8-13(9-7-12)28-18-19-10-3-11-20-18/h1-11H,(H2,21,22,24,25). The van der Waals surface area contributed by atoms with E-state index in [1.165, 1.54) is 36.7 Å². The Bertz CT molecular complexity index is 1010. The second-order valence-electron chi connectivity index (χ2n) is 5.34.